The zero-order valence-corrected chi connectivity index (χ0v) is 12.3. The van der Waals surface area contributed by atoms with Gasteiger partial charge in [0.2, 0.25) is 0 Å². The van der Waals surface area contributed by atoms with Crippen molar-refractivity contribution in [3.63, 3.8) is 0 Å². The number of hydrogen-bond donors (Lipinski definition) is 1. The molecule has 0 aromatic heterocycles. The molecule has 2 heteroatoms. The van der Waals surface area contributed by atoms with Gasteiger partial charge in [0.05, 0.1) is 0 Å². The third-order valence-corrected chi connectivity index (χ3v) is 4.71. The van der Waals surface area contributed by atoms with Crippen LogP contribution in [0.2, 0.25) is 0 Å². The molecule has 0 spiro atoms. The van der Waals surface area contributed by atoms with Gasteiger partial charge in [0.15, 0.2) is 0 Å². The fourth-order valence-electron chi connectivity index (χ4n) is 3.29. The molecule has 1 aliphatic rings. The first-order valence-corrected chi connectivity index (χ1v) is 7.65. The average molecular weight is 263 g/mol. The molecule has 1 fully saturated rings. The van der Waals surface area contributed by atoms with Gasteiger partial charge in [0, 0.05) is 12.1 Å². The van der Waals surface area contributed by atoms with Crippen LogP contribution in [0.15, 0.2) is 24.3 Å². The van der Waals surface area contributed by atoms with Crippen molar-refractivity contribution >= 4 is 0 Å². The van der Waals surface area contributed by atoms with E-state index in [2.05, 4.69) is 26.1 Å². The highest BCUT2D eigenvalue weighted by Gasteiger charge is 2.31. The van der Waals surface area contributed by atoms with Gasteiger partial charge < -0.3 is 5.32 Å². The van der Waals surface area contributed by atoms with E-state index in [1.54, 1.807) is 6.07 Å². The van der Waals surface area contributed by atoms with Crippen molar-refractivity contribution in [2.45, 2.75) is 64.5 Å². The Kier molecular flexibility index (Phi) is 4.98. The van der Waals surface area contributed by atoms with Gasteiger partial charge in [-0.15, -0.1) is 0 Å². The lowest BCUT2D eigenvalue weighted by molar-refractivity contribution is 0.232. The van der Waals surface area contributed by atoms with E-state index >= 15 is 0 Å². The van der Waals surface area contributed by atoms with Crippen LogP contribution in [0.1, 0.15) is 57.9 Å². The van der Waals surface area contributed by atoms with E-state index in [0.717, 1.165) is 24.3 Å². The molecule has 0 amide bonds. The minimum atomic E-state index is -0.112. The molecule has 0 saturated heterocycles. The van der Waals surface area contributed by atoms with E-state index in [1.807, 2.05) is 12.1 Å². The van der Waals surface area contributed by atoms with Crippen molar-refractivity contribution < 1.29 is 4.39 Å². The maximum Gasteiger partial charge on any atom is 0.123 e. The second-order valence-electron chi connectivity index (χ2n) is 5.95. The molecule has 19 heavy (non-hydrogen) atoms. The van der Waals surface area contributed by atoms with Crippen molar-refractivity contribution in [1.29, 1.82) is 0 Å². The molecule has 106 valence electrons. The highest BCUT2D eigenvalue weighted by atomic mass is 19.1. The predicted octanol–water partition coefficient (Wildman–Crippen LogP) is 4.49. The quantitative estimate of drug-likeness (QED) is 0.797. The van der Waals surface area contributed by atoms with E-state index in [4.69, 9.17) is 0 Å². The molecular formula is C17H26FN. The molecule has 1 N–H and O–H groups in total. The van der Waals surface area contributed by atoms with Gasteiger partial charge in [0.1, 0.15) is 5.82 Å². The van der Waals surface area contributed by atoms with Crippen LogP contribution >= 0.6 is 0 Å². The summed E-state index contributed by atoms with van der Waals surface area (Å²) in [6, 6.07) is 8.28. The van der Waals surface area contributed by atoms with Crippen LogP contribution in [0.5, 0.6) is 0 Å². The van der Waals surface area contributed by atoms with Crippen LogP contribution in [-0.4, -0.2) is 12.1 Å². The molecule has 1 unspecified atom stereocenters. The first-order chi connectivity index (χ1) is 9.13. The summed E-state index contributed by atoms with van der Waals surface area (Å²) in [5, 5.41) is 3.74. The summed E-state index contributed by atoms with van der Waals surface area (Å²) in [6.45, 7) is 6.83. The second-order valence-corrected chi connectivity index (χ2v) is 5.95. The molecule has 1 atom stereocenters. The van der Waals surface area contributed by atoms with Crippen molar-refractivity contribution in [3.05, 3.63) is 35.6 Å². The molecule has 1 aliphatic carbocycles. The van der Waals surface area contributed by atoms with Crippen LogP contribution in [0.25, 0.3) is 0 Å². The standard InChI is InChI=1S/C17H26FN/c1-4-13(5-2)12(3)19-17-10-15(11-17)14-7-6-8-16(18)9-14/h6-9,12-13,15,17,19H,4-5,10-11H2,1-3H3. The van der Waals surface area contributed by atoms with Gasteiger partial charge in [-0.05, 0) is 49.3 Å². The van der Waals surface area contributed by atoms with Crippen LogP contribution < -0.4 is 5.32 Å². The molecule has 1 saturated carbocycles. The number of benzene rings is 1. The SMILES string of the molecule is CCC(CC)C(C)NC1CC(c2cccc(F)c2)C1. The largest absolute Gasteiger partial charge is 0.311 e. The highest BCUT2D eigenvalue weighted by molar-refractivity contribution is 5.23. The van der Waals surface area contributed by atoms with Crippen LogP contribution in [0.3, 0.4) is 0 Å². The van der Waals surface area contributed by atoms with Gasteiger partial charge >= 0.3 is 0 Å². The van der Waals surface area contributed by atoms with Gasteiger partial charge in [-0.2, -0.15) is 0 Å². The molecule has 1 aromatic rings. The Labute approximate surface area is 116 Å². The number of nitrogens with one attached hydrogen (secondary N) is 1. The first-order valence-electron chi connectivity index (χ1n) is 7.65. The van der Waals surface area contributed by atoms with Crippen LogP contribution in [0, 0.1) is 11.7 Å². The van der Waals surface area contributed by atoms with Crippen molar-refractivity contribution in [1.82, 2.24) is 5.32 Å². The van der Waals surface area contributed by atoms with E-state index < -0.39 is 0 Å². The summed E-state index contributed by atoms with van der Waals surface area (Å²) in [7, 11) is 0. The zero-order chi connectivity index (χ0) is 13.8. The first kappa shape index (κ1) is 14.5. The molecular weight excluding hydrogens is 237 g/mol. The second kappa shape index (κ2) is 6.51. The van der Waals surface area contributed by atoms with Crippen molar-refractivity contribution in [2.24, 2.45) is 5.92 Å². The van der Waals surface area contributed by atoms with Crippen molar-refractivity contribution in [3.8, 4) is 0 Å². The van der Waals surface area contributed by atoms with E-state index in [1.165, 1.54) is 18.9 Å². The molecule has 2 rings (SSSR count). The highest BCUT2D eigenvalue weighted by Crippen LogP contribution is 2.37. The normalized spacial score (nSPS) is 24.3. The minimum Gasteiger partial charge on any atom is -0.311 e. The van der Waals surface area contributed by atoms with Gasteiger partial charge in [0.25, 0.3) is 0 Å². The summed E-state index contributed by atoms with van der Waals surface area (Å²) < 4.78 is 13.2. The Morgan fingerprint density at radius 2 is 1.95 bits per heavy atom. The Hall–Kier alpha value is -0.890. The topological polar surface area (TPSA) is 12.0 Å². The van der Waals surface area contributed by atoms with Gasteiger partial charge in [-0.3, -0.25) is 0 Å². The molecule has 0 radical (unpaired) electrons. The average Bonchev–Trinajstić information content (AvgIpc) is 2.34. The van der Waals surface area contributed by atoms with Gasteiger partial charge in [-0.1, -0.05) is 38.8 Å². The number of halogens is 1. The Balaban J connectivity index is 1.80. The summed E-state index contributed by atoms with van der Waals surface area (Å²) >= 11 is 0. The van der Waals surface area contributed by atoms with E-state index in [9.17, 15) is 4.39 Å². The summed E-state index contributed by atoms with van der Waals surface area (Å²) in [4.78, 5) is 0. The Morgan fingerprint density at radius 3 is 2.53 bits per heavy atom. The number of rotatable bonds is 6. The molecule has 0 bridgehead atoms. The lowest BCUT2D eigenvalue weighted by Crippen LogP contribution is -2.47. The van der Waals surface area contributed by atoms with E-state index in [-0.39, 0.29) is 5.82 Å². The Bertz CT molecular complexity index is 394. The zero-order valence-electron chi connectivity index (χ0n) is 12.3. The van der Waals surface area contributed by atoms with E-state index in [0.29, 0.717) is 18.0 Å². The summed E-state index contributed by atoms with van der Waals surface area (Å²) in [6.07, 6.45) is 4.78. The minimum absolute atomic E-state index is 0.112. The third-order valence-electron chi connectivity index (χ3n) is 4.71. The molecule has 0 heterocycles. The molecule has 1 aromatic carbocycles. The Morgan fingerprint density at radius 1 is 1.26 bits per heavy atom. The maximum atomic E-state index is 13.2. The monoisotopic (exact) mass is 263 g/mol. The van der Waals surface area contributed by atoms with Crippen molar-refractivity contribution in [2.75, 3.05) is 0 Å². The maximum absolute atomic E-state index is 13.2. The third kappa shape index (κ3) is 3.56. The molecule has 0 aliphatic heterocycles. The van der Waals surface area contributed by atoms with Crippen LogP contribution in [0.4, 0.5) is 4.39 Å². The van der Waals surface area contributed by atoms with Crippen LogP contribution in [-0.2, 0) is 0 Å². The summed E-state index contributed by atoms with van der Waals surface area (Å²) in [5.41, 5.74) is 1.16. The molecule has 1 nitrogen and oxygen atoms in total. The smallest absolute Gasteiger partial charge is 0.123 e. The van der Waals surface area contributed by atoms with Gasteiger partial charge in [-0.25, -0.2) is 4.39 Å². The summed E-state index contributed by atoms with van der Waals surface area (Å²) in [5.74, 6) is 1.20. The lowest BCUT2D eigenvalue weighted by atomic mass is 9.75. The fourth-order valence-corrected chi connectivity index (χ4v) is 3.29. The predicted molar refractivity (Wildman–Crippen MR) is 78.8 cm³/mol. The fraction of sp³-hybridized carbons (Fsp3) is 0.647. The number of hydrogen-bond acceptors (Lipinski definition) is 1. The lowest BCUT2D eigenvalue weighted by Gasteiger charge is -2.39.